The zero-order valence-electron chi connectivity index (χ0n) is 15.3. The number of carbonyl (C=O) groups excluding carboxylic acids is 1. The van der Waals surface area contributed by atoms with Gasteiger partial charge in [-0.1, -0.05) is 19.1 Å². The minimum Gasteiger partial charge on any atom is -0.356 e. The van der Waals surface area contributed by atoms with Crippen LogP contribution in [0, 0.1) is 0 Å². The van der Waals surface area contributed by atoms with Crippen molar-refractivity contribution < 1.29 is 4.79 Å². The number of nitrogens with zero attached hydrogens (tertiary/aromatic N) is 5. The Morgan fingerprint density at radius 3 is 2.74 bits per heavy atom. The van der Waals surface area contributed by atoms with Gasteiger partial charge < -0.3 is 10.2 Å². The number of nitrogens with one attached hydrogen (secondary N) is 1. The number of benzene rings is 1. The van der Waals surface area contributed by atoms with Gasteiger partial charge in [0.1, 0.15) is 30.0 Å². The third-order valence-electron chi connectivity index (χ3n) is 4.74. The maximum absolute atomic E-state index is 12.5. The van der Waals surface area contributed by atoms with Crippen molar-refractivity contribution >= 4 is 17.4 Å². The molecule has 0 atom stereocenters. The molecule has 0 spiro atoms. The molecule has 1 aliphatic heterocycles. The topological polar surface area (TPSA) is 75.9 Å². The van der Waals surface area contributed by atoms with Crippen LogP contribution in [0.4, 0.5) is 11.5 Å². The number of carbonyl (C=O) groups is 1. The van der Waals surface area contributed by atoms with Gasteiger partial charge in [-0.05, 0) is 37.0 Å². The second-order valence-electron chi connectivity index (χ2n) is 6.60. The summed E-state index contributed by atoms with van der Waals surface area (Å²) < 4.78 is 1.75. The average Bonchev–Trinajstić information content (AvgIpc) is 3.40. The van der Waals surface area contributed by atoms with E-state index in [4.69, 9.17) is 0 Å². The lowest BCUT2D eigenvalue weighted by molar-refractivity contribution is 0.102. The summed E-state index contributed by atoms with van der Waals surface area (Å²) in [6, 6.07) is 9.76. The van der Waals surface area contributed by atoms with Crippen molar-refractivity contribution in [3.05, 3.63) is 60.4 Å². The van der Waals surface area contributed by atoms with Gasteiger partial charge in [0, 0.05) is 31.0 Å². The van der Waals surface area contributed by atoms with Crippen molar-refractivity contribution in [3.63, 3.8) is 0 Å². The summed E-state index contributed by atoms with van der Waals surface area (Å²) in [6.45, 7) is 4.12. The molecule has 3 heterocycles. The summed E-state index contributed by atoms with van der Waals surface area (Å²) in [5.41, 5.74) is 2.29. The van der Waals surface area contributed by atoms with Crippen LogP contribution in [0.25, 0.3) is 5.82 Å². The molecule has 2 aromatic heterocycles. The van der Waals surface area contributed by atoms with Gasteiger partial charge in [0.25, 0.3) is 5.91 Å². The highest BCUT2D eigenvalue weighted by Crippen LogP contribution is 2.19. The van der Waals surface area contributed by atoms with Gasteiger partial charge in [0.2, 0.25) is 0 Å². The second-order valence-corrected chi connectivity index (χ2v) is 6.60. The number of rotatable bonds is 5. The molecule has 0 aliphatic carbocycles. The molecule has 7 nitrogen and oxygen atoms in total. The van der Waals surface area contributed by atoms with Crippen molar-refractivity contribution in [2.24, 2.45) is 0 Å². The normalized spacial score (nSPS) is 13.7. The summed E-state index contributed by atoms with van der Waals surface area (Å²) in [6.07, 6.45) is 8.15. The Hall–Kier alpha value is -3.22. The number of aromatic nitrogens is 4. The van der Waals surface area contributed by atoms with Crippen LogP contribution < -0.4 is 10.2 Å². The molecule has 27 heavy (non-hydrogen) atoms. The molecule has 7 heteroatoms. The van der Waals surface area contributed by atoms with Crippen LogP contribution in [0.1, 0.15) is 35.8 Å². The fraction of sp³-hybridized carbons (Fsp3) is 0.300. The fourth-order valence-corrected chi connectivity index (χ4v) is 3.23. The molecule has 0 saturated carbocycles. The summed E-state index contributed by atoms with van der Waals surface area (Å²) >= 11 is 0. The fourth-order valence-electron chi connectivity index (χ4n) is 3.23. The van der Waals surface area contributed by atoms with Crippen LogP contribution in [0.3, 0.4) is 0 Å². The van der Waals surface area contributed by atoms with Crippen LogP contribution >= 0.6 is 0 Å². The number of hydrogen-bond acceptors (Lipinski definition) is 5. The molecule has 1 N–H and O–H groups in total. The highest BCUT2D eigenvalue weighted by molar-refractivity contribution is 6.02. The smallest absolute Gasteiger partial charge is 0.275 e. The quantitative estimate of drug-likeness (QED) is 0.755. The molecule has 1 saturated heterocycles. The standard InChI is InChI=1S/C20H22N6O/c1-2-15-6-5-7-16(10-15)24-20(27)17-12-26(14-23-17)19-11-18(21-13-22-19)25-8-3-4-9-25/h5-7,10-14H,2-4,8-9H2,1H3,(H,24,27). The van der Waals surface area contributed by atoms with Crippen molar-refractivity contribution in [2.75, 3.05) is 23.3 Å². The Labute approximate surface area is 158 Å². The van der Waals surface area contributed by atoms with Crippen LogP contribution in [0.5, 0.6) is 0 Å². The minimum absolute atomic E-state index is 0.240. The van der Waals surface area contributed by atoms with E-state index in [0.717, 1.165) is 31.0 Å². The van der Waals surface area contributed by atoms with E-state index in [1.54, 1.807) is 23.4 Å². The van der Waals surface area contributed by atoms with Crippen molar-refractivity contribution in [3.8, 4) is 5.82 Å². The first kappa shape index (κ1) is 17.2. The second kappa shape index (κ2) is 7.57. The first-order valence-electron chi connectivity index (χ1n) is 9.24. The average molecular weight is 362 g/mol. The molecule has 0 bridgehead atoms. The van der Waals surface area contributed by atoms with Gasteiger partial charge in [0.05, 0.1) is 0 Å². The number of anilines is 2. The van der Waals surface area contributed by atoms with Crippen LogP contribution in [0.15, 0.2) is 49.2 Å². The maximum Gasteiger partial charge on any atom is 0.275 e. The zero-order valence-corrected chi connectivity index (χ0v) is 15.3. The molecule has 138 valence electrons. The van der Waals surface area contributed by atoms with Gasteiger partial charge in [0.15, 0.2) is 0 Å². The van der Waals surface area contributed by atoms with Crippen LogP contribution in [-0.2, 0) is 6.42 Å². The third kappa shape index (κ3) is 3.81. The SMILES string of the molecule is CCc1cccc(NC(=O)c2cn(-c3cc(N4CCCC4)ncn3)cn2)c1. The predicted octanol–water partition coefficient (Wildman–Crippen LogP) is 3.08. The van der Waals surface area contributed by atoms with E-state index < -0.39 is 0 Å². The Kier molecular flexibility index (Phi) is 4.82. The third-order valence-corrected chi connectivity index (χ3v) is 4.74. The van der Waals surface area contributed by atoms with E-state index in [-0.39, 0.29) is 5.91 Å². The molecule has 1 aliphatic rings. The molecule has 3 aromatic rings. The highest BCUT2D eigenvalue weighted by Gasteiger charge is 2.15. The highest BCUT2D eigenvalue weighted by atomic mass is 16.1. The molecule has 1 aromatic carbocycles. The lowest BCUT2D eigenvalue weighted by Crippen LogP contribution is -2.19. The number of amides is 1. The number of aryl methyl sites for hydroxylation is 1. The van der Waals surface area contributed by atoms with Crippen LogP contribution in [0.2, 0.25) is 0 Å². The lowest BCUT2D eigenvalue weighted by Gasteiger charge is -2.16. The van der Waals surface area contributed by atoms with E-state index in [9.17, 15) is 4.79 Å². The zero-order chi connectivity index (χ0) is 18.6. The summed E-state index contributed by atoms with van der Waals surface area (Å²) in [4.78, 5) is 27.7. The predicted molar refractivity (Wildman–Crippen MR) is 104 cm³/mol. The molecule has 1 amide bonds. The van der Waals surface area contributed by atoms with E-state index in [0.29, 0.717) is 11.5 Å². The van der Waals surface area contributed by atoms with Gasteiger partial charge in [-0.15, -0.1) is 0 Å². The van der Waals surface area contributed by atoms with E-state index in [2.05, 4.69) is 32.1 Å². The Morgan fingerprint density at radius 2 is 1.93 bits per heavy atom. The number of imidazole rings is 1. The maximum atomic E-state index is 12.5. The van der Waals surface area contributed by atoms with Crippen LogP contribution in [-0.4, -0.2) is 38.5 Å². The molecule has 4 rings (SSSR count). The Bertz CT molecular complexity index is 945. The molecule has 0 radical (unpaired) electrons. The lowest BCUT2D eigenvalue weighted by atomic mass is 10.1. The van der Waals surface area contributed by atoms with Gasteiger partial charge in [-0.25, -0.2) is 15.0 Å². The van der Waals surface area contributed by atoms with Gasteiger partial charge >= 0.3 is 0 Å². The number of hydrogen-bond donors (Lipinski definition) is 1. The van der Waals surface area contributed by atoms with E-state index in [1.807, 2.05) is 30.3 Å². The van der Waals surface area contributed by atoms with Crippen molar-refractivity contribution in [1.82, 2.24) is 19.5 Å². The van der Waals surface area contributed by atoms with Gasteiger partial charge in [-0.2, -0.15) is 0 Å². The Morgan fingerprint density at radius 1 is 1.11 bits per heavy atom. The molecule has 0 unspecified atom stereocenters. The van der Waals surface area contributed by atoms with Crippen molar-refractivity contribution in [2.45, 2.75) is 26.2 Å². The molecular weight excluding hydrogens is 340 g/mol. The summed E-state index contributed by atoms with van der Waals surface area (Å²) in [5, 5.41) is 2.90. The Balaban J connectivity index is 1.51. The largest absolute Gasteiger partial charge is 0.356 e. The van der Waals surface area contributed by atoms with E-state index >= 15 is 0 Å². The first-order chi connectivity index (χ1) is 13.2. The van der Waals surface area contributed by atoms with E-state index in [1.165, 1.54) is 18.4 Å². The summed E-state index contributed by atoms with van der Waals surface area (Å²) in [5.74, 6) is 1.37. The monoisotopic (exact) mass is 362 g/mol. The van der Waals surface area contributed by atoms with Crippen molar-refractivity contribution in [1.29, 1.82) is 0 Å². The molecular formula is C20H22N6O. The minimum atomic E-state index is -0.240. The summed E-state index contributed by atoms with van der Waals surface area (Å²) in [7, 11) is 0. The molecule has 1 fully saturated rings. The first-order valence-corrected chi connectivity index (χ1v) is 9.24. The van der Waals surface area contributed by atoms with Gasteiger partial charge in [-0.3, -0.25) is 9.36 Å².